The average molecular weight is 212 g/mol. The van der Waals surface area contributed by atoms with Gasteiger partial charge in [0.15, 0.2) is 0 Å². The fourth-order valence-corrected chi connectivity index (χ4v) is 1.05. The molecule has 15 heavy (non-hydrogen) atoms. The summed E-state index contributed by atoms with van der Waals surface area (Å²) in [5.41, 5.74) is 0.884. The van der Waals surface area contributed by atoms with Crippen LogP contribution in [-0.2, 0) is 6.54 Å². The summed E-state index contributed by atoms with van der Waals surface area (Å²) in [5, 5.41) is 3.26. The maximum Gasteiger partial charge on any atom is 0.393 e. The van der Waals surface area contributed by atoms with Crippen LogP contribution in [0.5, 0.6) is 6.08 Å². The molecule has 0 bridgehead atoms. The highest BCUT2D eigenvalue weighted by molar-refractivity contribution is 4.99. The summed E-state index contributed by atoms with van der Waals surface area (Å²) in [7, 11) is 0. The molecule has 0 aromatic carbocycles. The van der Waals surface area contributed by atoms with Gasteiger partial charge >= 0.3 is 6.08 Å². The van der Waals surface area contributed by atoms with Gasteiger partial charge in [-0.1, -0.05) is 27.2 Å². The topological polar surface area (TPSA) is 47.3 Å². The van der Waals surface area contributed by atoms with Crippen LogP contribution < -0.4 is 10.1 Å². The zero-order chi connectivity index (χ0) is 11.1. The highest BCUT2D eigenvalue weighted by Gasteiger charge is 2.04. The molecule has 1 rings (SSSR count). The normalized spacial score (nSPS) is 10.9. The van der Waals surface area contributed by atoms with Crippen molar-refractivity contribution in [3.8, 4) is 6.08 Å². The lowest BCUT2D eigenvalue weighted by atomic mass is 10.4. The number of rotatable bonds is 7. The van der Waals surface area contributed by atoms with Gasteiger partial charge in [-0.3, -0.25) is 0 Å². The lowest BCUT2D eigenvalue weighted by molar-refractivity contribution is 0.226. The molecule has 0 aliphatic carbocycles. The molecular formula is C11H20N2O2. The molecule has 0 amide bonds. The molecule has 0 spiro atoms. The molecule has 0 fully saturated rings. The van der Waals surface area contributed by atoms with Crippen molar-refractivity contribution in [2.45, 2.75) is 46.2 Å². The van der Waals surface area contributed by atoms with Crippen LogP contribution in [0.25, 0.3) is 0 Å². The van der Waals surface area contributed by atoms with Gasteiger partial charge in [-0.15, -0.1) is 0 Å². The minimum absolute atomic E-state index is 0.379. The van der Waals surface area contributed by atoms with Gasteiger partial charge in [-0.05, 0) is 6.42 Å². The van der Waals surface area contributed by atoms with E-state index in [2.05, 4.69) is 31.1 Å². The van der Waals surface area contributed by atoms with Gasteiger partial charge in [0.2, 0.25) is 0 Å². The second-order valence-corrected chi connectivity index (χ2v) is 3.84. The van der Waals surface area contributed by atoms with E-state index in [4.69, 9.17) is 9.15 Å². The summed E-state index contributed by atoms with van der Waals surface area (Å²) >= 11 is 0. The second kappa shape index (κ2) is 6.45. The molecule has 86 valence electrons. The van der Waals surface area contributed by atoms with Crippen LogP contribution in [0.4, 0.5) is 0 Å². The van der Waals surface area contributed by atoms with Crippen molar-refractivity contribution in [2.75, 3.05) is 6.61 Å². The van der Waals surface area contributed by atoms with Crippen LogP contribution in [0, 0.1) is 0 Å². The molecule has 1 aromatic heterocycles. The predicted octanol–water partition coefficient (Wildman–Crippen LogP) is 2.35. The number of unbranched alkanes of at least 4 members (excludes halogenated alkanes) is 1. The van der Waals surface area contributed by atoms with E-state index in [1.807, 2.05) is 0 Å². The highest BCUT2D eigenvalue weighted by atomic mass is 16.6. The van der Waals surface area contributed by atoms with Gasteiger partial charge in [0.05, 0.1) is 12.3 Å². The van der Waals surface area contributed by atoms with Crippen molar-refractivity contribution < 1.29 is 9.15 Å². The molecule has 0 saturated carbocycles. The van der Waals surface area contributed by atoms with Gasteiger partial charge in [-0.2, -0.15) is 4.98 Å². The summed E-state index contributed by atoms with van der Waals surface area (Å²) in [6.07, 6.45) is 4.16. The molecule has 0 aliphatic rings. The molecule has 0 aliphatic heterocycles. The molecule has 4 nitrogen and oxygen atoms in total. The Kier molecular flexibility index (Phi) is 5.18. The lowest BCUT2D eigenvalue weighted by Crippen LogP contribution is -2.21. The smallest absolute Gasteiger partial charge is 0.393 e. The van der Waals surface area contributed by atoms with Gasteiger partial charge in [0, 0.05) is 12.6 Å². The van der Waals surface area contributed by atoms with Crippen LogP contribution in [0.1, 0.15) is 39.3 Å². The Morgan fingerprint density at radius 3 is 3.00 bits per heavy atom. The maximum atomic E-state index is 5.33. The van der Waals surface area contributed by atoms with Gasteiger partial charge in [0.1, 0.15) is 6.26 Å². The monoisotopic (exact) mass is 212 g/mol. The highest BCUT2D eigenvalue weighted by Crippen LogP contribution is 2.10. The fourth-order valence-electron chi connectivity index (χ4n) is 1.05. The van der Waals surface area contributed by atoms with Gasteiger partial charge < -0.3 is 14.5 Å². The molecule has 0 saturated heterocycles. The quantitative estimate of drug-likeness (QED) is 0.705. The summed E-state index contributed by atoms with van der Waals surface area (Å²) in [6, 6.07) is 0.450. The Hall–Kier alpha value is -1.03. The third-order valence-corrected chi connectivity index (χ3v) is 1.95. The largest absolute Gasteiger partial charge is 0.450 e. The predicted molar refractivity (Wildman–Crippen MR) is 58.9 cm³/mol. The Morgan fingerprint density at radius 1 is 1.53 bits per heavy atom. The lowest BCUT2D eigenvalue weighted by Gasteiger charge is -2.03. The summed E-state index contributed by atoms with van der Waals surface area (Å²) in [5.74, 6) is 0. The van der Waals surface area contributed by atoms with E-state index in [-0.39, 0.29) is 0 Å². The van der Waals surface area contributed by atoms with Crippen LogP contribution in [0.3, 0.4) is 0 Å². The van der Waals surface area contributed by atoms with Crippen molar-refractivity contribution in [2.24, 2.45) is 0 Å². The minimum Gasteiger partial charge on any atom is -0.450 e. The number of oxazole rings is 1. The molecule has 0 radical (unpaired) electrons. The maximum absolute atomic E-state index is 5.33. The minimum atomic E-state index is 0.379. The summed E-state index contributed by atoms with van der Waals surface area (Å²) in [4.78, 5) is 4.20. The zero-order valence-corrected chi connectivity index (χ0v) is 9.75. The Bertz CT molecular complexity index is 271. The molecule has 0 unspecified atom stereocenters. The standard InChI is InChI=1S/C11H20N2O2/c1-4-5-6-14-11-13-10(8-15-11)7-12-9(2)3/h8-9,12H,4-7H2,1-3H3. The molecular weight excluding hydrogens is 192 g/mol. The van der Waals surface area contributed by atoms with Crippen LogP contribution in [-0.4, -0.2) is 17.6 Å². The summed E-state index contributed by atoms with van der Waals surface area (Å²) in [6.45, 7) is 7.71. The third-order valence-electron chi connectivity index (χ3n) is 1.95. The Balaban J connectivity index is 2.29. The van der Waals surface area contributed by atoms with Crippen LogP contribution in [0.2, 0.25) is 0 Å². The van der Waals surface area contributed by atoms with E-state index in [9.17, 15) is 0 Å². The molecule has 1 aromatic rings. The number of ether oxygens (including phenoxy) is 1. The van der Waals surface area contributed by atoms with Crippen molar-refractivity contribution in [3.05, 3.63) is 12.0 Å². The second-order valence-electron chi connectivity index (χ2n) is 3.84. The first-order chi connectivity index (χ1) is 7.22. The Morgan fingerprint density at radius 2 is 2.33 bits per heavy atom. The van der Waals surface area contributed by atoms with Crippen molar-refractivity contribution in [3.63, 3.8) is 0 Å². The number of aromatic nitrogens is 1. The zero-order valence-electron chi connectivity index (χ0n) is 9.75. The Labute approximate surface area is 91.0 Å². The van der Waals surface area contributed by atoms with Crippen molar-refractivity contribution >= 4 is 0 Å². The number of hydrogen-bond donors (Lipinski definition) is 1. The first-order valence-electron chi connectivity index (χ1n) is 5.53. The molecule has 4 heteroatoms. The number of nitrogens with zero attached hydrogens (tertiary/aromatic N) is 1. The summed E-state index contributed by atoms with van der Waals surface area (Å²) < 4.78 is 10.5. The van der Waals surface area contributed by atoms with Crippen molar-refractivity contribution in [1.82, 2.24) is 10.3 Å². The van der Waals surface area contributed by atoms with Crippen LogP contribution in [0.15, 0.2) is 10.7 Å². The van der Waals surface area contributed by atoms with Gasteiger partial charge in [-0.25, -0.2) is 0 Å². The molecule has 1 heterocycles. The van der Waals surface area contributed by atoms with E-state index in [0.29, 0.717) is 18.7 Å². The van der Waals surface area contributed by atoms with E-state index < -0.39 is 0 Å². The average Bonchev–Trinajstić information content (AvgIpc) is 2.63. The van der Waals surface area contributed by atoms with Gasteiger partial charge in [0.25, 0.3) is 0 Å². The van der Waals surface area contributed by atoms with Crippen molar-refractivity contribution in [1.29, 1.82) is 0 Å². The van der Waals surface area contributed by atoms with E-state index >= 15 is 0 Å². The SMILES string of the molecule is CCCCOc1nc(CNC(C)C)co1. The molecule has 0 atom stereocenters. The number of hydrogen-bond acceptors (Lipinski definition) is 4. The van der Waals surface area contributed by atoms with E-state index in [1.165, 1.54) is 0 Å². The third kappa shape index (κ3) is 4.83. The first kappa shape index (κ1) is 12.0. The van der Waals surface area contributed by atoms with Crippen LogP contribution >= 0.6 is 0 Å². The van der Waals surface area contributed by atoms with E-state index in [0.717, 1.165) is 25.1 Å². The van der Waals surface area contributed by atoms with E-state index in [1.54, 1.807) is 6.26 Å². The fraction of sp³-hybridized carbons (Fsp3) is 0.727. The number of nitrogens with one attached hydrogen (secondary N) is 1. The first-order valence-corrected chi connectivity index (χ1v) is 5.53. The molecule has 1 N–H and O–H groups in total.